The molecule has 0 rings (SSSR count). The molecule has 1 atom stereocenters. The highest BCUT2D eigenvalue weighted by Gasteiger charge is 2.32. The third-order valence-electron chi connectivity index (χ3n) is 0.975. The normalized spacial score (nSPS) is 13.7. The first kappa shape index (κ1) is 11.8. The lowest BCUT2D eigenvalue weighted by molar-refractivity contribution is -0.141. The molecule has 70 valence electrons. The highest BCUT2D eigenvalue weighted by molar-refractivity contribution is 6.76. The monoisotopic (exact) mass is 233 g/mol. The van der Waals surface area contributed by atoms with Crippen molar-refractivity contribution in [2.75, 3.05) is 0 Å². The van der Waals surface area contributed by atoms with Crippen molar-refractivity contribution in [3.63, 3.8) is 0 Å². The molecule has 1 amide bonds. The zero-order valence-electron chi connectivity index (χ0n) is 5.97. The second-order valence-corrected chi connectivity index (χ2v) is 4.31. The largest absolute Gasteiger partial charge is 0.480 e. The van der Waals surface area contributed by atoms with Crippen molar-refractivity contribution in [3.8, 4) is 0 Å². The maximum atomic E-state index is 10.8. The van der Waals surface area contributed by atoms with Gasteiger partial charge in [-0.3, -0.25) is 9.59 Å². The van der Waals surface area contributed by atoms with Gasteiger partial charge in [0.15, 0.2) is 0 Å². The van der Waals surface area contributed by atoms with Gasteiger partial charge in [-0.1, -0.05) is 34.8 Å². The fourth-order valence-corrected chi connectivity index (χ4v) is 0.504. The minimum absolute atomic E-state index is 0.956. The number of carbonyl (C=O) groups is 2. The van der Waals surface area contributed by atoms with Crippen molar-refractivity contribution < 1.29 is 14.7 Å². The maximum Gasteiger partial charge on any atom is 0.325 e. The Morgan fingerprint density at radius 1 is 1.42 bits per heavy atom. The number of hydrogen-bond donors (Lipinski definition) is 2. The van der Waals surface area contributed by atoms with Crippen molar-refractivity contribution in [2.24, 2.45) is 0 Å². The summed E-state index contributed by atoms with van der Waals surface area (Å²) in [7, 11) is 0. The summed E-state index contributed by atoms with van der Waals surface area (Å²) in [6, 6.07) is -1.08. The molecule has 0 saturated heterocycles. The molecule has 0 radical (unpaired) electrons. The van der Waals surface area contributed by atoms with E-state index in [-0.39, 0.29) is 0 Å². The van der Waals surface area contributed by atoms with Crippen LogP contribution in [0.4, 0.5) is 0 Å². The lowest BCUT2D eigenvalue weighted by atomic mass is 10.3. The standard InChI is InChI=1S/C5H6Cl3NO3/c1-2(3(10)11)9-4(12)5(6,7)8/h2H,1H3,(H,9,12)(H,10,11)/t2-/m1/s1. The van der Waals surface area contributed by atoms with E-state index in [1.165, 1.54) is 6.92 Å². The number of aliphatic carboxylic acids is 1. The van der Waals surface area contributed by atoms with Crippen LogP contribution in [0.15, 0.2) is 0 Å². The minimum Gasteiger partial charge on any atom is -0.480 e. The Labute approximate surface area is 83.8 Å². The van der Waals surface area contributed by atoms with Gasteiger partial charge in [0.25, 0.3) is 9.70 Å². The lowest BCUT2D eigenvalue weighted by Crippen LogP contribution is -2.43. The number of hydrogen-bond acceptors (Lipinski definition) is 2. The fourth-order valence-electron chi connectivity index (χ4n) is 0.340. The van der Waals surface area contributed by atoms with Crippen molar-refractivity contribution in [3.05, 3.63) is 0 Å². The Balaban J connectivity index is 4.11. The summed E-state index contributed by atoms with van der Waals surface area (Å²) in [4.78, 5) is 21.0. The number of amides is 1. The zero-order chi connectivity index (χ0) is 9.94. The molecule has 7 heteroatoms. The molecule has 0 aromatic heterocycles. The first-order chi connectivity index (χ1) is 5.25. The SMILES string of the molecule is C[C@@H](NC(=O)C(Cl)(Cl)Cl)C(=O)O. The van der Waals surface area contributed by atoms with Crippen LogP contribution in [-0.4, -0.2) is 26.8 Å². The molecule has 0 bridgehead atoms. The van der Waals surface area contributed by atoms with E-state index in [0.29, 0.717) is 0 Å². The van der Waals surface area contributed by atoms with E-state index in [0.717, 1.165) is 0 Å². The number of carboxylic acid groups (broad SMARTS) is 1. The van der Waals surface area contributed by atoms with Gasteiger partial charge in [-0.25, -0.2) is 0 Å². The van der Waals surface area contributed by atoms with Crippen LogP contribution in [0.25, 0.3) is 0 Å². The van der Waals surface area contributed by atoms with Gasteiger partial charge in [0.05, 0.1) is 0 Å². The average molecular weight is 234 g/mol. The van der Waals surface area contributed by atoms with E-state index in [1.54, 1.807) is 0 Å². The number of carboxylic acids is 1. The van der Waals surface area contributed by atoms with Gasteiger partial charge in [-0.15, -0.1) is 0 Å². The summed E-state index contributed by atoms with van der Waals surface area (Å²) in [5, 5.41) is 10.3. The smallest absolute Gasteiger partial charge is 0.325 e. The molecule has 0 heterocycles. The topological polar surface area (TPSA) is 66.4 Å². The Kier molecular flexibility index (Phi) is 4.10. The molecule has 0 spiro atoms. The van der Waals surface area contributed by atoms with Gasteiger partial charge in [0.1, 0.15) is 6.04 Å². The summed E-state index contributed by atoms with van der Waals surface area (Å²) < 4.78 is -2.12. The predicted octanol–water partition coefficient (Wildman–Crippen LogP) is 0.946. The summed E-state index contributed by atoms with van der Waals surface area (Å²) in [6.45, 7) is 1.26. The van der Waals surface area contributed by atoms with Crippen LogP contribution in [0, 0.1) is 0 Å². The molecule has 0 aromatic carbocycles. The van der Waals surface area contributed by atoms with Gasteiger partial charge in [0, 0.05) is 0 Å². The van der Waals surface area contributed by atoms with Gasteiger partial charge in [-0.05, 0) is 6.92 Å². The summed E-state index contributed by atoms with van der Waals surface area (Å²) in [5.74, 6) is -2.15. The molecule has 0 aliphatic rings. The third-order valence-corrected chi connectivity index (χ3v) is 1.49. The number of rotatable bonds is 2. The molecule has 2 N–H and O–H groups in total. The fraction of sp³-hybridized carbons (Fsp3) is 0.600. The van der Waals surface area contributed by atoms with E-state index in [1.807, 2.05) is 5.32 Å². The van der Waals surface area contributed by atoms with Crippen LogP contribution >= 0.6 is 34.8 Å². The molecule has 0 fully saturated rings. The van der Waals surface area contributed by atoms with Crippen LogP contribution in [0.5, 0.6) is 0 Å². The second kappa shape index (κ2) is 4.16. The van der Waals surface area contributed by atoms with Gasteiger partial charge < -0.3 is 10.4 Å². The molecule has 0 aliphatic heterocycles. The molecule has 12 heavy (non-hydrogen) atoms. The van der Waals surface area contributed by atoms with Crippen molar-refractivity contribution in [1.82, 2.24) is 5.32 Å². The van der Waals surface area contributed by atoms with Crippen LogP contribution in [0.3, 0.4) is 0 Å². The molecule has 4 nitrogen and oxygen atoms in total. The van der Waals surface area contributed by atoms with Gasteiger partial charge >= 0.3 is 5.97 Å². The number of alkyl halides is 3. The third kappa shape index (κ3) is 3.99. The lowest BCUT2D eigenvalue weighted by Gasteiger charge is -2.13. The number of halogens is 3. The molecular formula is C5H6Cl3NO3. The number of carbonyl (C=O) groups excluding carboxylic acids is 1. The van der Waals surface area contributed by atoms with Crippen molar-refractivity contribution >= 4 is 46.7 Å². The van der Waals surface area contributed by atoms with Crippen LogP contribution in [0.2, 0.25) is 0 Å². The molecule has 0 aromatic rings. The average Bonchev–Trinajstić information content (AvgIpc) is 1.85. The number of nitrogens with one attached hydrogen (secondary N) is 1. The van der Waals surface area contributed by atoms with Crippen LogP contribution in [0.1, 0.15) is 6.92 Å². The Hall–Kier alpha value is -0.190. The van der Waals surface area contributed by atoms with Crippen LogP contribution < -0.4 is 5.32 Å². The highest BCUT2D eigenvalue weighted by atomic mass is 35.6. The minimum atomic E-state index is -2.12. The van der Waals surface area contributed by atoms with Crippen molar-refractivity contribution in [1.29, 1.82) is 0 Å². The molecule has 0 aliphatic carbocycles. The quantitative estimate of drug-likeness (QED) is 0.699. The Morgan fingerprint density at radius 3 is 2.08 bits per heavy atom. The Morgan fingerprint density at radius 2 is 1.83 bits per heavy atom. The molecule has 0 unspecified atom stereocenters. The summed E-state index contributed by atoms with van der Waals surface area (Å²) >= 11 is 15.5. The first-order valence-corrected chi connectivity index (χ1v) is 3.99. The van der Waals surface area contributed by atoms with E-state index >= 15 is 0 Å². The Bertz CT molecular complexity index is 201. The van der Waals surface area contributed by atoms with Gasteiger partial charge in [0.2, 0.25) is 0 Å². The van der Waals surface area contributed by atoms with E-state index in [2.05, 4.69) is 0 Å². The van der Waals surface area contributed by atoms with E-state index in [4.69, 9.17) is 39.9 Å². The molecular weight excluding hydrogens is 228 g/mol. The van der Waals surface area contributed by atoms with E-state index in [9.17, 15) is 9.59 Å². The highest BCUT2D eigenvalue weighted by Crippen LogP contribution is 2.25. The van der Waals surface area contributed by atoms with Crippen LogP contribution in [-0.2, 0) is 9.59 Å². The van der Waals surface area contributed by atoms with Gasteiger partial charge in [-0.2, -0.15) is 0 Å². The predicted molar refractivity (Wildman–Crippen MR) is 45.5 cm³/mol. The second-order valence-electron chi connectivity index (χ2n) is 2.03. The zero-order valence-corrected chi connectivity index (χ0v) is 8.24. The first-order valence-electron chi connectivity index (χ1n) is 2.85. The van der Waals surface area contributed by atoms with Crippen molar-refractivity contribution in [2.45, 2.75) is 16.8 Å². The maximum absolute atomic E-state index is 10.8. The molecule has 0 saturated carbocycles. The summed E-state index contributed by atoms with van der Waals surface area (Å²) in [5.41, 5.74) is 0. The summed E-state index contributed by atoms with van der Waals surface area (Å²) in [6.07, 6.45) is 0. The van der Waals surface area contributed by atoms with E-state index < -0.39 is 21.7 Å².